The average Bonchev–Trinajstić information content (AvgIpc) is 3.09. The molecule has 1 aliphatic rings. The molecule has 1 aromatic heterocycles. The molecular formula is C16H19FN4O. The van der Waals surface area contributed by atoms with Gasteiger partial charge in [-0.3, -0.25) is 9.48 Å². The lowest BCUT2D eigenvalue weighted by atomic mass is 10.2. The van der Waals surface area contributed by atoms with Gasteiger partial charge in [-0.1, -0.05) is 0 Å². The van der Waals surface area contributed by atoms with E-state index in [9.17, 15) is 9.18 Å². The Bertz CT molecular complexity index is 618. The fourth-order valence-corrected chi connectivity index (χ4v) is 2.72. The predicted molar refractivity (Wildman–Crippen MR) is 82.1 cm³/mol. The van der Waals surface area contributed by atoms with Crippen molar-refractivity contribution in [1.82, 2.24) is 14.7 Å². The summed E-state index contributed by atoms with van der Waals surface area (Å²) >= 11 is 0. The highest BCUT2D eigenvalue weighted by molar-refractivity contribution is 5.80. The number of aromatic nitrogens is 2. The maximum absolute atomic E-state index is 13.0. The highest BCUT2D eigenvalue weighted by Gasteiger charge is 2.26. The number of hydrogen-bond acceptors (Lipinski definition) is 3. The molecule has 0 saturated carbocycles. The molecule has 5 nitrogen and oxygen atoms in total. The Labute approximate surface area is 128 Å². The quantitative estimate of drug-likeness (QED) is 0.870. The van der Waals surface area contributed by atoms with E-state index in [4.69, 9.17) is 0 Å². The summed E-state index contributed by atoms with van der Waals surface area (Å²) < 4.78 is 14.6. The molecule has 0 N–H and O–H groups in total. The van der Waals surface area contributed by atoms with Crippen molar-refractivity contribution < 1.29 is 9.18 Å². The lowest BCUT2D eigenvalue weighted by Gasteiger charge is -2.37. The summed E-state index contributed by atoms with van der Waals surface area (Å²) in [6.45, 7) is 4.71. The normalized spacial score (nSPS) is 16.6. The van der Waals surface area contributed by atoms with Crippen LogP contribution in [0.2, 0.25) is 0 Å². The zero-order valence-electron chi connectivity index (χ0n) is 12.5. The Morgan fingerprint density at radius 1 is 1.18 bits per heavy atom. The topological polar surface area (TPSA) is 41.4 Å². The Kier molecular flexibility index (Phi) is 4.09. The van der Waals surface area contributed by atoms with Crippen molar-refractivity contribution in [3.63, 3.8) is 0 Å². The van der Waals surface area contributed by atoms with E-state index in [0.29, 0.717) is 13.1 Å². The molecule has 0 aliphatic carbocycles. The summed E-state index contributed by atoms with van der Waals surface area (Å²) in [6.07, 6.45) is 3.48. The zero-order valence-corrected chi connectivity index (χ0v) is 12.5. The number of halogens is 1. The van der Waals surface area contributed by atoms with Gasteiger partial charge >= 0.3 is 0 Å². The smallest absolute Gasteiger partial charge is 0.247 e. The first-order valence-corrected chi connectivity index (χ1v) is 7.43. The lowest BCUT2D eigenvalue weighted by Crippen LogP contribution is -2.50. The summed E-state index contributed by atoms with van der Waals surface area (Å²) in [5, 5.41) is 4.13. The van der Waals surface area contributed by atoms with E-state index in [1.165, 1.54) is 12.1 Å². The summed E-state index contributed by atoms with van der Waals surface area (Å²) in [5.41, 5.74) is 0.994. The van der Waals surface area contributed by atoms with Crippen LogP contribution in [0.1, 0.15) is 13.0 Å². The van der Waals surface area contributed by atoms with Gasteiger partial charge < -0.3 is 9.80 Å². The summed E-state index contributed by atoms with van der Waals surface area (Å²) in [7, 11) is 0. The minimum Gasteiger partial charge on any atom is -0.368 e. The van der Waals surface area contributed by atoms with Gasteiger partial charge in [0.2, 0.25) is 5.91 Å². The molecule has 0 spiro atoms. The van der Waals surface area contributed by atoms with Gasteiger partial charge in [-0.15, -0.1) is 0 Å². The van der Waals surface area contributed by atoms with Crippen molar-refractivity contribution in [3.8, 4) is 0 Å². The number of carbonyl (C=O) groups excluding carboxylic acids is 1. The van der Waals surface area contributed by atoms with Gasteiger partial charge in [0.15, 0.2) is 0 Å². The van der Waals surface area contributed by atoms with Gasteiger partial charge in [-0.2, -0.15) is 5.10 Å². The van der Waals surface area contributed by atoms with Crippen LogP contribution < -0.4 is 4.90 Å². The van der Waals surface area contributed by atoms with E-state index in [2.05, 4.69) is 10.00 Å². The predicted octanol–water partition coefficient (Wildman–Crippen LogP) is 1.93. The van der Waals surface area contributed by atoms with Crippen LogP contribution >= 0.6 is 0 Å². The van der Waals surface area contributed by atoms with Crippen LogP contribution in [0.4, 0.5) is 10.1 Å². The van der Waals surface area contributed by atoms with Gasteiger partial charge in [0.05, 0.1) is 0 Å². The van der Waals surface area contributed by atoms with Crippen LogP contribution in [-0.2, 0) is 4.79 Å². The highest BCUT2D eigenvalue weighted by Crippen LogP contribution is 2.18. The minimum absolute atomic E-state index is 0.0856. The standard InChI is InChI=1S/C16H19FN4O/c1-13(21-8-2-7-18-21)16(22)20-11-9-19(10-12-20)15-5-3-14(17)4-6-15/h2-8,13H,9-12H2,1H3/t13-/m0/s1. The zero-order chi connectivity index (χ0) is 15.5. The van der Waals surface area contributed by atoms with Gasteiger partial charge in [0, 0.05) is 44.3 Å². The molecule has 2 aromatic rings. The molecule has 1 saturated heterocycles. The number of carbonyl (C=O) groups is 1. The third kappa shape index (κ3) is 2.95. The van der Waals surface area contributed by atoms with Crippen LogP contribution in [0, 0.1) is 5.82 Å². The highest BCUT2D eigenvalue weighted by atomic mass is 19.1. The number of nitrogens with zero attached hydrogens (tertiary/aromatic N) is 4. The molecule has 6 heteroatoms. The van der Waals surface area contributed by atoms with Crippen molar-refractivity contribution in [2.24, 2.45) is 0 Å². The van der Waals surface area contributed by atoms with Gasteiger partial charge in [-0.05, 0) is 37.3 Å². The molecule has 0 radical (unpaired) electrons. The minimum atomic E-state index is -0.285. The first-order valence-electron chi connectivity index (χ1n) is 7.43. The molecule has 1 amide bonds. The molecule has 0 unspecified atom stereocenters. The first kappa shape index (κ1) is 14.6. The monoisotopic (exact) mass is 302 g/mol. The van der Waals surface area contributed by atoms with Crippen molar-refractivity contribution in [2.75, 3.05) is 31.1 Å². The van der Waals surface area contributed by atoms with Gasteiger partial charge in [0.25, 0.3) is 0 Å². The fraction of sp³-hybridized carbons (Fsp3) is 0.375. The van der Waals surface area contributed by atoms with E-state index in [-0.39, 0.29) is 17.8 Å². The fourth-order valence-electron chi connectivity index (χ4n) is 2.72. The van der Waals surface area contributed by atoms with Crippen LogP contribution in [0.3, 0.4) is 0 Å². The number of hydrogen-bond donors (Lipinski definition) is 0. The molecule has 1 aromatic carbocycles. The van der Waals surface area contributed by atoms with Crippen LogP contribution in [0.5, 0.6) is 0 Å². The number of benzene rings is 1. The lowest BCUT2D eigenvalue weighted by molar-refractivity contribution is -0.134. The second-order valence-electron chi connectivity index (χ2n) is 5.45. The van der Waals surface area contributed by atoms with Crippen molar-refractivity contribution in [3.05, 3.63) is 48.5 Å². The van der Waals surface area contributed by atoms with E-state index < -0.39 is 0 Å². The summed E-state index contributed by atoms with van der Waals surface area (Å²) in [5.74, 6) is -0.145. The molecule has 116 valence electrons. The molecule has 1 fully saturated rings. The third-order valence-corrected chi connectivity index (χ3v) is 4.06. The van der Waals surface area contributed by atoms with Crippen molar-refractivity contribution in [2.45, 2.75) is 13.0 Å². The SMILES string of the molecule is C[C@@H](C(=O)N1CCN(c2ccc(F)cc2)CC1)n1cccn1. The van der Waals surface area contributed by atoms with E-state index >= 15 is 0 Å². The van der Waals surface area contributed by atoms with Crippen LogP contribution in [0.25, 0.3) is 0 Å². The molecule has 0 bridgehead atoms. The maximum atomic E-state index is 13.0. The van der Waals surface area contributed by atoms with E-state index in [1.54, 1.807) is 29.2 Å². The molecule has 1 aliphatic heterocycles. The van der Waals surface area contributed by atoms with Gasteiger partial charge in [0.1, 0.15) is 11.9 Å². The van der Waals surface area contributed by atoms with Crippen molar-refractivity contribution >= 4 is 11.6 Å². The van der Waals surface area contributed by atoms with E-state index in [1.807, 2.05) is 17.9 Å². The Balaban J connectivity index is 1.59. The number of rotatable bonds is 3. The van der Waals surface area contributed by atoms with Gasteiger partial charge in [-0.25, -0.2) is 4.39 Å². The number of piperazine rings is 1. The Morgan fingerprint density at radius 3 is 2.45 bits per heavy atom. The average molecular weight is 302 g/mol. The third-order valence-electron chi connectivity index (χ3n) is 4.06. The first-order chi connectivity index (χ1) is 10.6. The number of anilines is 1. The second kappa shape index (κ2) is 6.17. The van der Waals surface area contributed by atoms with Crippen molar-refractivity contribution in [1.29, 1.82) is 0 Å². The molecule has 1 atom stereocenters. The molecule has 22 heavy (non-hydrogen) atoms. The number of amides is 1. The van der Waals surface area contributed by atoms with Crippen LogP contribution in [-0.4, -0.2) is 46.8 Å². The Morgan fingerprint density at radius 2 is 1.86 bits per heavy atom. The second-order valence-corrected chi connectivity index (χ2v) is 5.45. The molecule has 3 rings (SSSR count). The molecule has 2 heterocycles. The molecular weight excluding hydrogens is 283 g/mol. The summed E-state index contributed by atoms with van der Waals surface area (Å²) in [4.78, 5) is 16.5. The van der Waals surface area contributed by atoms with E-state index in [0.717, 1.165) is 18.8 Å². The maximum Gasteiger partial charge on any atom is 0.247 e. The Hall–Kier alpha value is -2.37. The largest absolute Gasteiger partial charge is 0.368 e. The summed E-state index contributed by atoms with van der Waals surface area (Å²) in [6, 6.07) is 8.01. The van der Waals surface area contributed by atoms with Crippen LogP contribution in [0.15, 0.2) is 42.7 Å².